The SMILES string of the molecule is C=CCCCC(NCC)C1CCCS1. The first-order valence-corrected chi connectivity index (χ1v) is 6.89. The summed E-state index contributed by atoms with van der Waals surface area (Å²) in [5, 5.41) is 4.50. The topological polar surface area (TPSA) is 12.0 Å². The third kappa shape index (κ3) is 4.05. The molecule has 0 amide bonds. The minimum atomic E-state index is 0.743. The molecule has 0 bridgehead atoms. The minimum absolute atomic E-state index is 0.743. The molecule has 0 aliphatic carbocycles. The number of unbranched alkanes of at least 4 members (excludes halogenated alkanes) is 1. The monoisotopic (exact) mass is 213 g/mol. The highest BCUT2D eigenvalue weighted by atomic mass is 32.2. The first-order chi connectivity index (χ1) is 6.88. The Labute approximate surface area is 92.7 Å². The van der Waals surface area contributed by atoms with Gasteiger partial charge in [-0.2, -0.15) is 11.8 Å². The third-order valence-electron chi connectivity index (χ3n) is 2.80. The molecule has 0 spiro atoms. The van der Waals surface area contributed by atoms with Gasteiger partial charge in [0.05, 0.1) is 0 Å². The molecule has 2 unspecified atom stereocenters. The molecule has 1 aliphatic heterocycles. The lowest BCUT2D eigenvalue weighted by Crippen LogP contribution is -2.36. The predicted molar refractivity (Wildman–Crippen MR) is 67.0 cm³/mol. The maximum Gasteiger partial charge on any atom is 0.0201 e. The molecule has 1 N–H and O–H groups in total. The van der Waals surface area contributed by atoms with E-state index in [4.69, 9.17) is 0 Å². The highest BCUT2D eigenvalue weighted by molar-refractivity contribution is 8.00. The Morgan fingerprint density at radius 2 is 2.50 bits per heavy atom. The Morgan fingerprint density at radius 1 is 1.64 bits per heavy atom. The van der Waals surface area contributed by atoms with Crippen molar-refractivity contribution < 1.29 is 0 Å². The lowest BCUT2D eigenvalue weighted by atomic mass is 10.0. The summed E-state index contributed by atoms with van der Waals surface area (Å²) in [6.07, 6.45) is 8.63. The minimum Gasteiger partial charge on any atom is -0.313 e. The first kappa shape index (κ1) is 12.1. The summed E-state index contributed by atoms with van der Waals surface area (Å²) >= 11 is 2.16. The first-order valence-electron chi connectivity index (χ1n) is 5.84. The van der Waals surface area contributed by atoms with Crippen LogP contribution in [0.3, 0.4) is 0 Å². The van der Waals surface area contributed by atoms with Gasteiger partial charge in [0.25, 0.3) is 0 Å². The van der Waals surface area contributed by atoms with E-state index in [1.807, 2.05) is 6.08 Å². The van der Waals surface area contributed by atoms with E-state index in [-0.39, 0.29) is 0 Å². The van der Waals surface area contributed by atoms with Crippen LogP contribution in [-0.4, -0.2) is 23.6 Å². The zero-order chi connectivity index (χ0) is 10.2. The Bertz CT molecular complexity index is 152. The van der Waals surface area contributed by atoms with Gasteiger partial charge >= 0.3 is 0 Å². The Balaban J connectivity index is 2.25. The second-order valence-corrected chi connectivity index (χ2v) is 5.28. The van der Waals surface area contributed by atoms with Crippen LogP contribution < -0.4 is 5.32 Å². The molecule has 0 radical (unpaired) electrons. The molecule has 0 aromatic rings. The van der Waals surface area contributed by atoms with Crippen molar-refractivity contribution in [3.63, 3.8) is 0 Å². The molecule has 0 aromatic carbocycles. The van der Waals surface area contributed by atoms with Crippen LogP contribution >= 0.6 is 11.8 Å². The van der Waals surface area contributed by atoms with Gasteiger partial charge in [0.2, 0.25) is 0 Å². The highest BCUT2D eigenvalue weighted by Gasteiger charge is 2.24. The number of allylic oxidation sites excluding steroid dienone is 1. The van der Waals surface area contributed by atoms with Crippen LogP contribution in [0.1, 0.15) is 39.0 Å². The number of thioether (sulfide) groups is 1. The molecular weight excluding hydrogens is 190 g/mol. The molecule has 1 rings (SSSR count). The van der Waals surface area contributed by atoms with Gasteiger partial charge in [-0.15, -0.1) is 6.58 Å². The van der Waals surface area contributed by atoms with Crippen molar-refractivity contribution in [2.75, 3.05) is 12.3 Å². The molecule has 82 valence electrons. The zero-order valence-electron chi connectivity index (χ0n) is 9.30. The fourth-order valence-corrected chi connectivity index (χ4v) is 3.52. The van der Waals surface area contributed by atoms with Crippen LogP contribution in [0.2, 0.25) is 0 Å². The average molecular weight is 213 g/mol. The van der Waals surface area contributed by atoms with Crippen molar-refractivity contribution in [3.05, 3.63) is 12.7 Å². The van der Waals surface area contributed by atoms with Crippen molar-refractivity contribution in [2.45, 2.75) is 50.3 Å². The van der Waals surface area contributed by atoms with Gasteiger partial charge < -0.3 is 5.32 Å². The second kappa shape index (κ2) is 7.36. The lowest BCUT2D eigenvalue weighted by molar-refractivity contribution is 0.458. The fraction of sp³-hybridized carbons (Fsp3) is 0.833. The van der Waals surface area contributed by atoms with Crippen molar-refractivity contribution in [2.24, 2.45) is 0 Å². The smallest absolute Gasteiger partial charge is 0.0201 e. The van der Waals surface area contributed by atoms with E-state index in [1.165, 1.54) is 37.9 Å². The van der Waals surface area contributed by atoms with Crippen LogP contribution in [-0.2, 0) is 0 Å². The van der Waals surface area contributed by atoms with E-state index in [0.29, 0.717) is 0 Å². The molecule has 1 saturated heterocycles. The van der Waals surface area contributed by atoms with E-state index >= 15 is 0 Å². The molecule has 0 saturated carbocycles. The molecule has 2 heteroatoms. The molecule has 14 heavy (non-hydrogen) atoms. The van der Waals surface area contributed by atoms with Gasteiger partial charge in [0.1, 0.15) is 0 Å². The average Bonchev–Trinajstić information content (AvgIpc) is 2.70. The third-order valence-corrected chi connectivity index (χ3v) is 4.32. The van der Waals surface area contributed by atoms with Crippen molar-refractivity contribution in [3.8, 4) is 0 Å². The predicted octanol–water partition coefficient (Wildman–Crippen LogP) is 3.22. The molecule has 1 nitrogen and oxygen atoms in total. The molecule has 0 aromatic heterocycles. The summed E-state index contributed by atoms with van der Waals surface area (Å²) in [5.74, 6) is 1.37. The van der Waals surface area contributed by atoms with Crippen LogP contribution in [0.25, 0.3) is 0 Å². The fourth-order valence-electron chi connectivity index (χ4n) is 2.08. The number of hydrogen-bond acceptors (Lipinski definition) is 2. The summed E-state index contributed by atoms with van der Waals surface area (Å²) in [6, 6.07) is 0.743. The normalized spacial score (nSPS) is 23.6. The Hall–Kier alpha value is 0.0500. The van der Waals surface area contributed by atoms with Gasteiger partial charge in [-0.1, -0.05) is 13.0 Å². The van der Waals surface area contributed by atoms with E-state index in [0.717, 1.165) is 17.8 Å². The Morgan fingerprint density at radius 3 is 3.07 bits per heavy atom. The second-order valence-electron chi connectivity index (χ2n) is 3.94. The highest BCUT2D eigenvalue weighted by Crippen LogP contribution is 2.30. The Kier molecular flexibility index (Phi) is 6.37. The van der Waals surface area contributed by atoms with Crippen LogP contribution in [0.5, 0.6) is 0 Å². The maximum absolute atomic E-state index is 3.78. The number of hydrogen-bond donors (Lipinski definition) is 1. The molecule has 1 aliphatic rings. The number of rotatable bonds is 7. The zero-order valence-corrected chi connectivity index (χ0v) is 10.1. The molecule has 1 fully saturated rings. The van der Waals surface area contributed by atoms with Crippen LogP contribution in [0.4, 0.5) is 0 Å². The van der Waals surface area contributed by atoms with E-state index in [9.17, 15) is 0 Å². The molecule has 1 heterocycles. The standard InChI is InChI=1S/C12H23NS/c1-3-5-6-8-11(13-4-2)12-9-7-10-14-12/h3,11-13H,1,4-10H2,2H3. The number of nitrogens with one attached hydrogen (secondary N) is 1. The summed E-state index contributed by atoms with van der Waals surface area (Å²) in [7, 11) is 0. The summed E-state index contributed by atoms with van der Waals surface area (Å²) in [6.45, 7) is 7.09. The van der Waals surface area contributed by atoms with Gasteiger partial charge in [-0.3, -0.25) is 0 Å². The summed E-state index contributed by atoms with van der Waals surface area (Å²) in [5.41, 5.74) is 0. The van der Waals surface area contributed by atoms with Crippen molar-refractivity contribution in [1.82, 2.24) is 5.32 Å². The molecular formula is C12H23NS. The van der Waals surface area contributed by atoms with Gasteiger partial charge in [-0.25, -0.2) is 0 Å². The van der Waals surface area contributed by atoms with Crippen LogP contribution in [0.15, 0.2) is 12.7 Å². The maximum atomic E-state index is 3.78. The van der Waals surface area contributed by atoms with Crippen molar-refractivity contribution >= 4 is 11.8 Å². The lowest BCUT2D eigenvalue weighted by Gasteiger charge is -2.23. The van der Waals surface area contributed by atoms with Crippen molar-refractivity contribution in [1.29, 1.82) is 0 Å². The van der Waals surface area contributed by atoms with Gasteiger partial charge in [-0.05, 0) is 44.4 Å². The van der Waals surface area contributed by atoms with E-state index in [2.05, 4.69) is 30.6 Å². The van der Waals surface area contributed by atoms with Gasteiger partial charge in [0, 0.05) is 11.3 Å². The largest absolute Gasteiger partial charge is 0.313 e. The van der Waals surface area contributed by atoms with E-state index < -0.39 is 0 Å². The summed E-state index contributed by atoms with van der Waals surface area (Å²) in [4.78, 5) is 0. The summed E-state index contributed by atoms with van der Waals surface area (Å²) < 4.78 is 0. The van der Waals surface area contributed by atoms with E-state index in [1.54, 1.807) is 0 Å². The van der Waals surface area contributed by atoms with Crippen LogP contribution in [0, 0.1) is 0 Å². The quantitative estimate of drug-likeness (QED) is 0.515. The van der Waals surface area contributed by atoms with Gasteiger partial charge in [0.15, 0.2) is 0 Å². The molecule has 2 atom stereocenters.